The van der Waals surface area contributed by atoms with Gasteiger partial charge in [0.2, 0.25) is 0 Å². The van der Waals surface area contributed by atoms with Crippen LogP contribution in [0.3, 0.4) is 0 Å². The minimum absolute atomic E-state index is 0.0355. The topological polar surface area (TPSA) is 55.1 Å². The number of carbonyl (C=O) groups is 1. The van der Waals surface area contributed by atoms with E-state index in [-0.39, 0.29) is 5.91 Å². The van der Waals surface area contributed by atoms with Gasteiger partial charge in [0.15, 0.2) is 0 Å². The maximum atomic E-state index is 11.9. The predicted molar refractivity (Wildman–Crippen MR) is 92.6 cm³/mol. The molecule has 3 N–H and O–H groups in total. The van der Waals surface area contributed by atoms with Crippen LogP contribution in [0.25, 0.3) is 0 Å². The molecule has 1 amide bonds. The Kier molecular flexibility index (Phi) is 7.98. The van der Waals surface area contributed by atoms with Gasteiger partial charge >= 0.3 is 0 Å². The lowest BCUT2D eigenvalue weighted by Gasteiger charge is -2.07. The summed E-state index contributed by atoms with van der Waals surface area (Å²) < 4.78 is 0. The van der Waals surface area contributed by atoms with E-state index in [1.165, 1.54) is 25.7 Å². The van der Waals surface area contributed by atoms with E-state index in [1.54, 1.807) is 24.3 Å². The van der Waals surface area contributed by atoms with Crippen molar-refractivity contribution in [2.24, 2.45) is 11.7 Å². The third kappa shape index (κ3) is 7.23. The number of hydrogen-bond donors (Lipinski definition) is 2. The van der Waals surface area contributed by atoms with Crippen LogP contribution in [0.5, 0.6) is 0 Å². The number of hydrogen-bond acceptors (Lipinski definition) is 2. The molecule has 0 unspecified atom stereocenters. The predicted octanol–water partition coefficient (Wildman–Crippen LogP) is 3.66. The number of nitrogens with one attached hydrogen (secondary N) is 1. The van der Waals surface area contributed by atoms with Crippen molar-refractivity contribution in [3.8, 4) is 0 Å². The fraction of sp³-hybridized carbons (Fsp3) is 0.529. The van der Waals surface area contributed by atoms with Gasteiger partial charge in [-0.05, 0) is 24.5 Å². The summed E-state index contributed by atoms with van der Waals surface area (Å²) in [5, 5.41) is 2.94. The zero-order valence-corrected chi connectivity index (χ0v) is 13.8. The second kappa shape index (κ2) is 9.50. The lowest BCUT2D eigenvalue weighted by Crippen LogP contribution is -2.24. The maximum Gasteiger partial charge on any atom is 0.251 e. The largest absolute Gasteiger partial charge is 0.389 e. The van der Waals surface area contributed by atoms with Crippen LogP contribution in [-0.2, 0) is 0 Å². The van der Waals surface area contributed by atoms with E-state index >= 15 is 0 Å². The molecule has 0 heterocycles. The Morgan fingerprint density at radius 1 is 1.10 bits per heavy atom. The molecule has 0 spiro atoms. The first-order valence-corrected chi connectivity index (χ1v) is 8.09. The summed E-state index contributed by atoms with van der Waals surface area (Å²) in [6, 6.07) is 7.07. The number of benzene rings is 1. The van der Waals surface area contributed by atoms with Crippen LogP contribution in [-0.4, -0.2) is 17.4 Å². The SMILES string of the molecule is CC(C)CCCCCCNC(=O)c1ccc(C(N)=S)cc1. The van der Waals surface area contributed by atoms with Gasteiger partial charge in [0, 0.05) is 17.7 Å². The van der Waals surface area contributed by atoms with E-state index < -0.39 is 0 Å². The zero-order chi connectivity index (χ0) is 15.7. The first kappa shape index (κ1) is 17.6. The number of rotatable bonds is 9. The normalized spacial score (nSPS) is 10.6. The van der Waals surface area contributed by atoms with E-state index in [1.807, 2.05) is 0 Å². The van der Waals surface area contributed by atoms with E-state index in [0.717, 1.165) is 24.4 Å². The summed E-state index contributed by atoms with van der Waals surface area (Å²) in [7, 11) is 0. The number of nitrogens with two attached hydrogens (primary N) is 1. The first-order valence-electron chi connectivity index (χ1n) is 7.68. The van der Waals surface area contributed by atoms with Gasteiger partial charge in [-0.3, -0.25) is 4.79 Å². The second-order valence-electron chi connectivity index (χ2n) is 5.79. The van der Waals surface area contributed by atoms with Gasteiger partial charge in [-0.15, -0.1) is 0 Å². The molecule has 0 saturated heterocycles. The van der Waals surface area contributed by atoms with Gasteiger partial charge in [0.25, 0.3) is 5.91 Å². The molecule has 1 aromatic rings. The second-order valence-corrected chi connectivity index (χ2v) is 6.23. The molecule has 4 heteroatoms. The number of amides is 1. The van der Waals surface area contributed by atoms with E-state index in [0.29, 0.717) is 10.6 Å². The van der Waals surface area contributed by atoms with Crippen LogP contribution in [0.4, 0.5) is 0 Å². The van der Waals surface area contributed by atoms with Gasteiger partial charge in [-0.2, -0.15) is 0 Å². The fourth-order valence-corrected chi connectivity index (χ4v) is 2.26. The Hall–Kier alpha value is -1.42. The van der Waals surface area contributed by atoms with Crippen molar-refractivity contribution in [2.75, 3.05) is 6.54 Å². The number of unbranched alkanes of at least 4 members (excludes halogenated alkanes) is 3. The van der Waals surface area contributed by atoms with Crippen molar-refractivity contribution >= 4 is 23.1 Å². The molecule has 0 fully saturated rings. The standard InChI is InChI=1S/C17H26N2OS/c1-13(2)7-5-3-4-6-12-19-17(20)15-10-8-14(9-11-15)16(18)21/h8-11,13H,3-7,12H2,1-2H3,(H2,18,21)(H,19,20). The van der Waals surface area contributed by atoms with Crippen LogP contribution < -0.4 is 11.1 Å². The zero-order valence-electron chi connectivity index (χ0n) is 13.0. The van der Waals surface area contributed by atoms with Gasteiger partial charge in [-0.1, -0.05) is 63.9 Å². The van der Waals surface area contributed by atoms with Gasteiger partial charge in [0.1, 0.15) is 4.99 Å². The molecular weight excluding hydrogens is 280 g/mol. The van der Waals surface area contributed by atoms with Crippen LogP contribution in [0.2, 0.25) is 0 Å². The van der Waals surface area contributed by atoms with Crippen molar-refractivity contribution in [1.82, 2.24) is 5.32 Å². The third-order valence-electron chi connectivity index (χ3n) is 3.43. The van der Waals surface area contributed by atoms with Crippen LogP contribution in [0.1, 0.15) is 61.9 Å². The van der Waals surface area contributed by atoms with Crippen molar-refractivity contribution < 1.29 is 4.79 Å². The van der Waals surface area contributed by atoms with Crippen LogP contribution in [0.15, 0.2) is 24.3 Å². The number of thiocarbonyl (C=S) groups is 1. The highest BCUT2D eigenvalue weighted by Gasteiger charge is 2.05. The highest BCUT2D eigenvalue weighted by molar-refractivity contribution is 7.80. The lowest BCUT2D eigenvalue weighted by atomic mass is 10.0. The molecule has 0 aliphatic heterocycles. The molecular formula is C17H26N2OS. The smallest absolute Gasteiger partial charge is 0.251 e. The molecule has 0 atom stereocenters. The molecule has 116 valence electrons. The highest BCUT2D eigenvalue weighted by Crippen LogP contribution is 2.09. The Balaban J connectivity index is 2.20. The highest BCUT2D eigenvalue weighted by atomic mass is 32.1. The summed E-state index contributed by atoms with van der Waals surface area (Å²) in [6.07, 6.45) is 6.03. The molecule has 3 nitrogen and oxygen atoms in total. The summed E-state index contributed by atoms with van der Waals surface area (Å²) >= 11 is 4.88. The Bertz CT molecular complexity index is 454. The van der Waals surface area contributed by atoms with Gasteiger partial charge in [0.05, 0.1) is 0 Å². The monoisotopic (exact) mass is 306 g/mol. The maximum absolute atomic E-state index is 11.9. The summed E-state index contributed by atoms with van der Waals surface area (Å²) in [5.74, 6) is 0.751. The van der Waals surface area contributed by atoms with Crippen molar-refractivity contribution in [1.29, 1.82) is 0 Å². The third-order valence-corrected chi connectivity index (χ3v) is 3.66. The molecule has 0 saturated carbocycles. The lowest BCUT2D eigenvalue weighted by molar-refractivity contribution is 0.0953. The summed E-state index contributed by atoms with van der Waals surface area (Å²) in [4.78, 5) is 12.3. The van der Waals surface area contributed by atoms with E-state index in [4.69, 9.17) is 18.0 Å². The molecule has 0 bridgehead atoms. The summed E-state index contributed by atoms with van der Waals surface area (Å²) in [5.41, 5.74) is 6.96. The molecule has 1 aromatic carbocycles. The number of carbonyl (C=O) groups excluding carboxylic acids is 1. The quantitative estimate of drug-likeness (QED) is 0.541. The molecule has 1 rings (SSSR count). The van der Waals surface area contributed by atoms with Gasteiger partial charge < -0.3 is 11.1 Å². The van der Waals surface area contributed by atoms with Crippen molar-refractivity contribution in [3.05, 3.63) is 35.4 Å². The minimum Gasteiger partial charge on any atom is -0.389 e. The molecule has 0 aromatic heterocycles. The first-order chi connectivity index (χ1) is 10.0. The Morgan fingerprint density at radius 2 is 1.67 bits per heavy atom. The van der Waals surface area contributed by atoms with E-state index in [9.17, 15) is 4.79 Å². The molecule has 0 radical (unpaired) electrons. The Labute approximate surface area is 133 Å². The van der Waals surface area contributed by atoms with E-state index in [2.05, 4.69) is 19.2 Å². The summed E-state index contributed by atoms with van der Waals surface area (Å²) in [6.45, 7) is 5.24. The molecule has 21 heavy (non-hydrogen) atoms. The average Bonchev–Trinajstić information content (AvgIpc) is 2.45. The van der Waals surface area contributed by atoms with Gasteiger partial charge in [-0.25, -0.2) is 0 Å². The van der Waals surface area contributed by atoms with Crippen molar-refractivity contribution in [3.63, 3.8) is 0 Å². The van der Waals surface area contributed by atoms with Crippen LogP contribution >= 0.6 is 12.2 Å². The fourth-order valence-electron chi connectivity index (χ4n) is 2.12. The molecule has 0 aliphatic rings. The molecule has 0 aliphatic carbocycles. The average molecular weight is 306 g/mol. The minimum atomic E-state index is -0.0355. The Morgan fingerprint density at radius 3 is 2.24 bits per heavy atom. The van der Waals surface area contributed by atoms with Crippen molar-refractivity contribution in [2.45, 2.75) is 46.0 Å². The van der Waals surface area contributed by atoms with Crippen LogP contribution in [0, 0.1) is 5.92 Å².